The highest BCUT2D eigenvalue weighted by Crippen LogP contribution is 2.42. The van der Waals surface area contributed by atoms with Gasteiger partial charge in [-0.15, -0.1) is 0 Å². The summed E-state index contributed by atoms with van der Waals surface area (Å²) in [7, 11) is 0. The molecule has 2 fully saturated rings. The van der Waals surface area contributed by atoms with Gasteiger partial charge in [0.25, 0.3) is 0 Å². The van der Waals surface area contributed by atoms with Crippen molar-refractivity contribution in [3.63, 3.8) is 0 Å². The molecule has 7 nitrogen and oxygen atoms in total. The van der Waals surface area contributed by atoms with Crippen LogP contribution in [0.2, 0.25) is 0 Å². The Morgan fingerprint density at radius 1 is 1.11 bits per heavy atom. The Morgan fingerprint density at radius 2 is 1.91 bits per heavy atom. The van der Waals surface area contributed by atoms with Gasteiger partial charge in [0.05, 0.1) is 11.7 Å². The predicted octanol–water partition coefficient (Wildman–Crippen LogP) is 5.41. The van der Waals surface area contributed by atoms with Gasteiger partial charge in [0, 0.05) is 34.3 Å². The maximum atomic E-state index is 13.4. The molecule has 0 spiro atoms. The molecule has 1 saturated carbocycles. The van der Waals surface area contributed by atoms with Crippen LogP contribution < -0.4 is 10.6 Å². The summed E-state index contributed by atoms with van der Waals surface area (Å²) in [5, 5.41) is 8.40. The Labute approximate surface area is 200 Å². The van der Waals surface area contributed by atoms with Crippen molar-refractivity contribution in [3.8, 4) is 11.4 Å². The molecule has 1 saturated heterocycles. The first-order chi connectivity index (χ1) is 16.8. The van der Waals surface area contributed by atoms with Crippen LogP contribution in [0.15, 0.2) is 30.7 Å². The quantitative estimate of drug-likeness (QED) is 0.361. The van der Waals surface area contributed by atoms with E-state index in [1.54, 1.807) is 12.3 Å². The Balaban J connectivity index is 1.55. The fourth-order valence-electron chi connectivity index (χ4n) is 5.11. The number of aromatic amines is 1. The number of nitrogens with one attached hydrogen (secondary N) is 3. The number of halogens is 3. The molecule has 1 aliphatic heterocycles. The number of nitrogens with zero attached hydrogens (tertiary/aromatic N) is 4. The number of pyridine rings is 2. The molecular weight excluding hydrogens is 455 g/mol. The predicted molar refractivity (Wildman–Crippen MR) is 128 cm³/mol. The summed E-state index contributed by atoms with van der Waals surface area (Å²) in [6.45, 7) is 4.01. The van der Waals surface area contributed by atoms with Crippen molar-refractivity contribution in [1.82, 2.24) is 30.2 Å². The average molecular weight is 482 g/mol. The van der Waals surface area contributed by atoms with Crippen molar-refractivity contribution in [1.29, 1.82) is 0 Å². The Bertz CT molecular complexity index is 1400. The van der Waals surface area contributed by atoms with Crippen LogP contribution in [0.25, 0.3) is 33.3 Å². The van der Waals surface area contributed by atoms with Gasteiger partial charge in [-0.25, -0.2) is 15.0 Å². The van der Waals surface area contributed by atoms with Crippen molar-refractivity contribution >= 4 is 27.8 Å². The Morgan fingerprint density at radius 3 is 2.63 bits per heavy atom. The summed E-state index contributed by atoms with van der Waals surface area (Å²) in [4.78, 5) is 20.7. The van der Waals surface area contributed by atoms with E-state index in [-0.39, 0.29) is 11.2 Å². The summed E-state index contributed by atoms with van der Waals surface area (Å²) < 4.78 is 40.1. The van der Waals surface area contributed by atoms with Gasteiger partial charge in [-0.2, -0.15) is 13.2 Å². The number of anilines is 1. The van der Waals surface area contributed by atoms with E-state index in [0.29, 0.717) is 28.2 Å². The van der Waals surface area contributed by atoms with Gasteiger partial charge in [-0.1, -0.05) is 6.42 Å². The van der Waals surface area contributed by atoms with Gasteiger partial charge in [-0.3, -0.25) is 4.98 Å². The zero-order chi connectivity index (χ0) is 24.2. The van der Waals surface area contributed by atoms with Crippen molar-refractivity contribution in [3.05, 3.63) is 42.0 Å². The lowest BCUT2D eigenvalue weighted by Gasteiger charge is -2.36. The van der Waals surface area contributed by atoms with Gasteiger partial charge in [-0.05, 0) is 69.3 Å². The molecule has 0 radical (unpaired) electrons. The van der Waals surface area contributed by atoms with Crippen LogP contribution in [-0.4, -0.2) is 43.5 Å². The highest BCUT2D eigenvalue weighted by molar-refractivity contribution is 5.97. The lowest BCUT2D eigenvalue weighted by Crippen LogP contribution is -2.45. The number of piperidine rings is 1. The van der Waals surface area contributed by atoms with Crippen LogP contribution in [0.3, 0.4) is 0 Å². The average Bonchev–Trinajstić information content (AvgIpc) is 3.23. The van der Waals surface area contributed by atoms with Crippen molar-refractivity contribution in [2.24, 2.45) is 0 Å². The second-order valence-corrected chi connectivity index (χ2v) is 9.88. The van der Waals surface area contributed by atoms with E-state index in [2.05, 4.69) is 32.5 Å². The van der Waals surface area contributed by atoms with Gasteiger partial charge in [0.2, 0.25) is 0 Å². The third kappa shape index (κ3) is 3.99. The second-order valence-electron chi connectivity index (χ2n) is 9.88. The molecule has 0 unspecified atom stereocenters. The molecule has 3 N–H and O–H groups in total. The number of aromatic nitrogens is 5. The van der Waals surface area contributed by atoms with Gasteiger partial charge < -0.3 is 15.6 Å². The maximum Gasteiger partial charge on any atom is 0.431 e. The summed E-state index contributed by atoms with van der Waals surface area (Å²) in [5.74, 6) is 1.49. The third-order valence-corrected chi connectivity index (χ3v) is 7.39. The minimum Gasteiger partial charge on any atom is -0.364 e. The minimum atomic E-state index is -4.50. The molecule has 0 aromatic carbocycles. The highest BCUT2D eigenvalue weighted by atomic mass is 19.4. The van der Waals surface area contributed by atoms with E-state index in [1.165, 1.54) is 12.6 Å². The monoisotopic (exact) mass is 481 g/mol. The van der Waals surface area contributed by atoms with Crippen LogP contribution in [0.5, 0.6) is 0 Å². The number of H-pyrrole nitrogens is 1. The first-order valence-electron chi connectivity index (χ1n) is 12.0. The van der Waals surface area contributed by atoms with E-state index < -0.39 is 11.9 Å². The zero-order valence-electron chi connectivity index (χ0n) is 19.3. The number of hydrogen-bond acceptors (Lipinski definition) is 6. The summed E-state index contributed by atoms with van der Waals surface area (Å²) >= 11 is 0. The second kappa shape index (κ2) is 8.15. The summed E-state index contributed by atoms with van der Waals surface area (Å²) in [6, 6.07) is 2.74. The van der Waals surface area contributed by atoms with Crippen LogP contribution >= 0.6 is 0 Å². The summed E-state index contributed by atoms with van der Waals surface area (Å²) in [5.41, 5.74) is 1.48. The first kappa shape index (κ1) is 22.2. The van der Waals surface area contributed by atoms with Gasteiger partial charge in [0.15, 0.2) is 5.82 Å². The molecule has 10 heteroatoms. The van der Waals surface area contributed by atoms with Gasteiger partial charge >= 0.3 is 6.18 Å². The van der Waals surface area contributed by atoms with Crippen LogP contribution in [0, 0.1) is 0 Å². The number of fused-ring (bicyclic) bond motifs is 2. The fourth-order valence-corrected chi connectivity index (χ4v) is 5.11. The highest BCUT2D eigenvalue weighted by Gasteiger charge is 2.34. The van der Waals surface area contributed by atoms with Crippen LogP contribution in [0.1, 0.15) is 56.2 Å². The van der Waals surface area contributed by atoms with Crippen LogP contribution in [-0.2, 0) is 6.18 Å². The first-order valence-corrected chi connectivity index (χ1v) is 12.0. The molecule has 182 valence electrons. The standard InChI is InChI=1S/C25H26F3N7/c1-24(6-9-29-10-7-24)35-23-20-17(14-3-2-4-14)12-30-13-18(20)32-22(34-23)15-5-8-31-21-16(15)11-19(33-21)25(26,27)28/h5,8,11-14,29H,2-4,6-7,9-10H2,1H3,(H,31,33)(H,32,34,35). The lowest BCUT2D eigenvalue weighted by atomic mass is 9.79. The van der Waals surface area contributed by atoms with E-state index in [9.17, 15) is 13.2 Å². The molecule has 4 aromatic heterocycles. The largest absolute Gasteiger partial charge is 0.431 e. The van der Waals surface area contributed by atoms with E-state index >= 15 is 0 Å². The zero-order valence-corrected chi connectivity index (χ0v) is 19.3. The Hall–Kier alpha value is -3.27. The number of rotatable bonds is 4. The van der Waals surface area contributed by atoms with Crippen LogP contribution in [0.4, 0.5) is 19.0 Å². The fraction of sp³-hybridized carbons (Fsp3) is 0.440. The number of hydrogen-bond donors (Lipinski definition) is 3. The third-order valence-electron chi connectivity index (χ3n) is 7.39. The molecule has 0 amide bonds. The van der Waals surface area contributed by atoms with Crippen molar-refractivity contribution in [2.45, 2.75) is 56.7 Å². The topological polar surface area (TPSA) is 91.4 Å². The maximum absolute atomic E-state index is 13.4. The van der Waals surface area contributed by atoms with Crippen molar-refractivity contribution < 1.29 is 13.2 Å². The van der Waals surface area contributed by atoms with Gasteiger partial charge in [0.1, 0.15) is 17.2 Å². The Kier molecular flexibility index (Phi) is 5.17. The molecular formula is C25H26F3N7. The minimum absolute atomic E-state index is 0.152. The SMILES string of the molecule is CC1(Nc2nc(-c3ccnc4[nH]c(C(F)(F)F)cc34)nc3cncc(C4CCC4)c23)CCNCC1. The molecule has 4 aromatic rings. The van der Waals surface area contributed by atoms with Crippen molar-refractivity contribution in [2.75, 3.05) is 18.4 Å². The molecule has 2 aliphatic rings. The molecule has 0 atom stereocenters. The number of alkyl halides is 3. The molecule has 1 aliphatic carbocycles. The molecule has 0 bridgehead atoms. The lowest BCUT2D eigenvalue weighted by molar-refractivity contribution is -0.140. The van der Waals surface area contributed by atoms with E-state index in [0.717, 1.165) is 61.6 Å². The normalized spacial score (nSPS) is 18.6. The summed E-state index contributed by atoms with van der Waals surface area (Å²) in [6.07, 6.45) is 5.89. The van der Waals surface area contributed by atoms with E-state index in [1.807, 2.05) is 6.20 Å². The molecule has 6 rings (SSSR count). The smallest absolute Gasteiger partial charge is 0.364 e. The molecule has 35 heavy (non-hydrogen) atoms. The molecule has 5 heterocycles. The van der Waals surface area contributed by atoms with E-state index in [4.69, 9.17) is 9.97 Å².